The number of rotatable bonds is 4. The van der Waals surface area contributed by atoms with Gasteiger partial charge >= 0.3 is 12.0 Å². The third kappa shape index (κ3) is 3.78. The minimum atomic E-state index is -0.824. The summed E-state index contributed by atoms with van der Waals surface area (Å²) < 4.78 is 15.7. The number of carboxylic acids is 1. The summed E-state index contributed by atoms with van der Waals surface area (Å²) in [5.41, 5.74) is 0.912. The predicted octanol–water partition coefficient (Wildman–Crippen LogP) is 2.02. The summed E-state index contributed by atoms with van der Waals surface area (Å²) in [5, 5.41) is 15.8. The Kier molecular flexibility index (Phi) is 4.97. The number of nitrogens with one attached hydrogen (secondary N) is 1. The summed E-state index contributed by atoms with van der Waals surface area (Å²) in [6.45, 7) is 0.789. The van der Waals surface area contributed by atoms with Gasteiger partial charge in [0.15, 0.2) is 0 Å². The van der Waals surface area contributed by atoms with E-state index in [4.69, 9.17) is 5.11 Å². The Morgan fingerprint density at radius 3 is 2.68 bits per heavy atom. The highest BCUT2D eigenvalue weighted by molar-refractivity contribution is 5.75. The van der Waals surface area contributed by atoms with Crippen LogP contribution < -0.4 is 5.32 Å². The van der Waals surface area contributed by atoms with E-state index >= 15 is 0 Å². The average Bonchev–Trinajstić information content (AvgIpc) is 3.14. The molecule has 1 aliphatic rings. The molecule has 2 N–H and O–H groups in total. The van der Waals surface area contributed by atoms with Crippen molar-refractivity contribution in [3.8, 4) is 5.69 Å². The molecule has 0 atom stereocenters. The number of hydrogen-bond acceptors (Lipinski definition) is 3. The number of carbonyl (C=O) groups is 2. The van der Waals surface area contributed by atoms with Crippen LogP contribution >= 0.6 is 0 Å². The molecule has 1 aromatic heterocycles. The number of nitrogens with zero attached hydrogens (tertiary/aromatic N) is 3. The van der Waals surface area contributed by atoms with E-state index in [2.05, 4.69) is 10.4 Å². The highest BCUT2D eigenvalue weighted by atomic mass is 19.1. The first-order chi connectivity index (χ1) is 12.1. The number of aliphatic carboxylic acids is 1. The molecular formula is C17H19FN4O3. The van der Waals surface area contributed by atoms with Crippen molar-refractivity contribution in [3.63, 3.8) is 0 Å². The van der Waals surface area contributed by atoms with E-state index in [9.17, 15) is 14.0 Å². The zero-order valence-corrected chi connectivity index (χ0v) is 13.6. The number of halogens is 1. The lowest BCUT2D eigenvalue weighted by Gasteiger charge is -2.30. The summed E-state index contributed by atoms with van der Waals surface area (Å²) in [6, 6.07) is 6.08. The SMILES string of the molecule is O=C(O)C1CCN(C(=O)NCc2c(F)cccc2-n2cccn2)CC1. The molecule has 0 radical (unpaired) electrons. The second-order valence-electron chi connectivity index (χ2n) is 5.95. The first-order valence-corrected chi connectivity index (χ1v) is 8.09. The van der Waals surface area contributed by atoms with Crippen LogP contribution in [0.25, 0.3) is 5.69 Å². The molecule has 0 bridgehead atoms. The van der Waals surface area contributed by atoms with Gasteiger partial charge in [0, 0.05) is 37.6 Å². The van der Waals surface area contributed by atoms with E-state index in [1.54, 1.807) is 40.2 Å². The fraction of sp³-hybridized carbons (Fsp3) is 0.353. The van der Waals surface area contributed by atoms with Gasteiger partial charge in [0.1, 0.15) is 5.82 Å². The van der Waals surface area contributed by atoms with Crippen molar-refractivity contribution in [2.45, 2.75) is 19.4 Å². The van der Waals surface area contributed by atoms with Crippen LogP contribution in [0.2, 0.25) is 0 Å². The Labute approximate surface area is 144 Å². The van der Waals surface area contributed by atoms with Crippen LogP contribution in [0, 0.1) is 11.7 Å². The van der Waals surface area contributed by atoms with E-state index in [-0.39, 0.29) is 12.6 Å². The van der Waals surface area contributed by atoms with Crippen molar-refractivity contribution in [2.24, 2.45) is 5.92 Å². The number of likely N-dealkylation sites (tertiary alicyclic amines) is 1. The number of carbonyl (C=O) groups excluding carboxylic acids is 1. The zero-order valence-electron chi connectivity index (χ0n) is 13.6. The van der Waals surface area contributed by atoms with Crippen LogP contribution in [0.5, 0.6) is 0 Å². The molecule has 3 rings (SSSR count). The number of aromatic nitrogens is 2. The molecule has 1 aliphatic heterocycles. The second kappa shape index (κ2) is 7.33. The summed E-state index contributed by atoms with van der Waals surface area (Å²) in [5.74, 6) is -1.64. The van der Waals surface area contributed by atoms with Crippen LogP contribution in [0.4, 0.5) is 9.18 Å². The van der Waals surface area contributed by atoms with E-state index in [0.717, 1.165) is 0 Å². The van der Waals surface area contributed by atoms with Crippen LogP contribution in [-0.4, -0.2) is 44.9 Å². The van der Waals surface area contributed by atoms with Crippen LogP contribution in [0.15, 0.2) is 36.7 Å². The summed E-state index contributed by atoms with van der Waals surface area (Å²) in [6.07, 6.45) is 4.17. The fourth-order valence-electron chi connectivity index (χ4n) is 2.95. The van der Waals surface area contributed by atoms with Gasteiger partial charge in [-0.05, 0) is 31.0 Å². The van der Waals surface area contributed by atoms with Crippen molar-refractivity contribution in [1.82, 2.24) is 20.0 Å². The lowest BCUT2D eigenvalue weighted by Crippen LogP contribution is -2.45. The van der Waals surface area contributed by atoms with Gasteiger partial charge in [0.25, 0.3) is 0 Å². The van der Waals surface area contributed by atoms with Gasteiger partial charge in [-0.25, -0.2) is 13.9 Å². The van der Waals surface area contributed by atoms with Crippen molar-refractivity contribution >= 4 is 12.0 Å². The highest BCUT2D eigenvalue weighted by Gasteiger charge is 2.27. The van der Waals surface area contributed by atoms with Gasteiger partial charge in [-0.3, -0.25) is 4.79 Å². The molecule has 0 unspecified atom stereocenters. The maximum atomic E-state index is 14.2. The van der Waals surface area contributed by atoms with E-state index in [0.29, 0.717) is 37.2 Å². The first-order valence-electron chi connectivity index (χ1n) is 8.09. The Morgan fingerprint density at radius 2 is 2.04 bits per heavy atom. The molecule has 2 amide bonds. The third-order valence-electron chi connectivity index (χ3n) is 4.39. The molecule has 2 aromatic rings. The number of hydrogen-bond donors (Lipinski definition) is 2. The van der Waals surface area contributed by atoms with E-state index < -0.39 is 17.7 Å². The molecule has 1 fully saturated rings. The van der Waals surface area contributed by atoms with Gasteiger partial charge < -0.3 is 15.3 Å². The van der Waals surface area contributed by atoms with Gasteiger partial charge in [-0.2, -0.15) is 5.10 Å². The Morgan fingerprint density at radius 1 is 1.28 bits per heavy atom. The lowest BCUT2D eigenvalue weighted by molar-refractivity contribution is -0.143. The Bertz CT molecular complexity index is 755. The molecule has 7 nitrogen and oxygen atoms in total. The maximum absolute atomic E-state index is 14.2. The van der Waals surface area contributed by atoms with Gasteiger partial charge in [-0.1, -0.05) is 6.07 Å². The molecule has 8 heteroatoms. The normalized spacial score (nSPS) is 15.2. The van der Waals surface area contributed by atoms with E-state index in [1.165, 1.54) is 6.07 Å². The molecule has 25 heavy (non-hydrogen) atoms. The monoisotopic (exact) mass is 346 g/mol. The van der Waals surface area contributed by atoms with Crippen molar-refractivity contribution in [2.75, 3.05) is 13.1 Å². The summed E-state index contributed by atoms with van der Waals surface area (Å²) in [7, 11) is 0. The smallest absolute Gasteiger partial charge is 0.317 e. The molecule has 0 aliphatic carbocycles. The number of piperidine rings is 1. The molecule has 1 saturated heterocycles. The Hall–Kier alpha value is -2.90. The number of amides is 2. The highest BCUT2D eigenvalue weighted by Crippen LogP contribution is 2.19. The van der Waals surface area contributed by atoms with Crippen molar-refractivity contribution in [3.05, 3.63) is 48.0 Å². The molecule has 1 aromatic carbocycles. The number of urea groups is 1. The standard InChI is InChI=1S/C17H19FN4O3/c18-14-3-1-4-15(22-8-2-7-20-22)13(14)11-19-17(25)21-9-5-12(6-10-21)16(23)24/h1-4,7-8,12H,5-6,9-11H2,(H,19,25)(H,23,24). The fourth-order valence-corrected chi connectivity index (χ4v) is 2.95. The third-order valence-corrected chi connectivity index (χ3v) is 4.39. The topological polar surface area (TPSA) is 87.5 Å². The quantitative estimate of drug-likeness (QED) is 0.887. The first kappa shape index (κ1) is 16.9. The lowest BCUT2D eigenvalue weighted by atomic mass is 9.97. The van der Waals surface area contributed by atoms with Gasteiger partial charge in [0.05, 0.1) is 11.6 Å². The number of carboxylic acid groups (broad SMARTS) is 1. The summed E-state index contributed by atoms with van der Waals surface area (Å²) in [4.78, 5) is 24.8. The second-order valence-corrected chi connectivity index (χ2v) is 5.95. The largest absolute Gasteiger partial charge is 0.481 e. The van der Waals surface area contributed by atoms with Crippen LogP contribution in [0.1, 0.15) is 18.4 Å². The molecular weight excluding hydrogens is 327 g/mol. The summed E-state index contributed by atoms with van der Waals surface area (Å²) >= 11 is 0. The number of benzene rings is 1. The van der Waals surface area contributed by atoms with Gasteiger partial charge in [0.2, 0.25) is 0 Å². The molecule has 0 saturated carbocycles. The van der Waals surface area contributed by atoms with Crippen LogP contribution in [0.3, 0.4) is 0 Å². The molecule has 2 heterocycles. The van der Waals surface area contributed by atoms with E-state index in [1.807, 2.05) is 0 Å². The minimum absolute atomic E-state index is 0.0273. The van der Waals surface area contributed by atoms with Crippen molar-refractivity contribution in [1.29, 1.82) is 0 Å². The molecule has 132 valence electrons. The Balaban J connectivity index is 1.64. The minimum Gasteiger partial charge on any atom is -0.481 e. The van der Waals surface area contributed by atoms with Crippen LogP contribution in [-0.2, 0) is 11.3 Å². The zero-order chi connectivity index (χ0) is 17.8. The molecule has 0 spiro atoms. The van der Waals surface area contributed by atoms with Gasteiger partial charge in [-0.15, -0.1) is 0 Å². The average molecular weight is 346 g/mol. The maximum Gasteiger partial charge on any atom is 0.317 e. The predicted molar refractivity (Wildman–Crippen MR) is 87.7 cm³/mol. The van der Waals surface area contributed by atoms with Crippen molar-refractivity contribution < 1.29 is 19.1 Å².